The molecule has 100 valence electrons. The summed E-state index contributed by atoms with van der Waals surface area (Å²) >= 11 is 0. The van der Waals surface area contributed by atoms with Gasteiger partial charge in [0.15, 0.2) is 0 Å². The van der Waals surface area contributed by atoms with E-state index < -0.39 is 0 Å². The molecule has 0 saturated carbocycles. The number of rotatable bonds is 0. The molecule has 19 heavy (non-hydrogen) atoms. The molecule has 1 fully saturated rings. The average molecular weight is 257 g/mol. The SMILES string of the molecule is CC(=O)N1CCN2c3c(cccc31)[C@@H]1CNCC[C@@H]12. The van der Waals surface area contributed by atoms with E-state index in [0.29, 0.717) is 12.0 Å². The van der Waals surface area contributed by atoms with Gasteiger partial charge in [0, 0.05) is 38.5 Å². The maximum absolute atomic E-state index is 11.8. The van der Waals surface area contributed by atoms with Crippen LogP contribution in [-0.4, -0.2) is 38.1 Å². The Kier molecular flexibility index (Phi) is 2.36. The highest BCUT2D eigenvalue weighted by Crippen LogP contribution is 2.49. The minimum Gasteiger partial charge on any atom is -0.364 e. The fourth-order valence-corrected chi connectivity index (χ4v) is 4.01. The van der Waals surface area contributed by atoms with Crippen LogP contribution >= 0.6 is 0 Å². The molecule has 2 atom stereocenters. The lowest BCUT2D eigenvalue weighted by Gasteiger charge is -2.39. The van der Waals surface area contributed by atoms with Gasteiger partial charge in [0.1, 0.15) is 0 Å². The zero-order chi connectivity index (χ0) is 13.0. The predicted molar refractivity (Wildman–Crippen MR) is 75.8 cm³/mol. The zero-order valence-electron chi connectivity index (χ0n) is 11.2. The van der Waals surface area contributed by atoms with Crippen molar-refractivity contribution < 1.29 is 4.79 Å². The molecule has 0 aromatic heterocycles. The topological polar surface area (TPSA) is 35.6 Å². The van der Waals surface area contributed by atoms with Gasteiger partial charge in [-0.15, -0.1) is 0 Å². The summed E-state index contributed by atoms with van der Waals surface area (Å²) in [6.45, 7) is 5.64. The number of hydrogen-bond acceptors (Lipinski definition) is 3. The summed E-state index contributed by atoms with van der Waals surface area (Å²) in [5.74, 6) is 0.747. The van der Waals surface area contributed by atoms with E-state index in [4.69, 9.17) is 0 Å². The van der Waals surface area contributed by atoms with Crippen molar-refractivity contribution in [2.45, 2.75) is 25.3 Å². The van der Waals surface area contributed by atoms with Crippen LogP contribution in [0.2, 0.25) is 0 Å². The molecule has 0 spiro atoms. The van der Waals surface area contributed by atoms with Crippen molar-refractivity contribution in [3.05, 3.63) is 23.8 Å². The summed E-state index contributed by atoms with van der Waals surface area (Å²) < 4.78 is 0. The lowest BCUT2D eigenvalue weighted by atomic mass is 9.90. The molecule has 3 aliphatic rings. The van der Waals surface area contributed by atoms with Crippen molar-refractivity contribution in [3.63, 3.8) is 0 Å². The lowest BCUT2D eigenvalue weighted by molar-refractivity contribution is -0.116. The Balaban J connectivity index is 1.86. The van der Waals surface area contributed by atoms with Crippen LogP contribution in [0, 0.1) is 0 Å². The van der Waals surface area contributed by atoms with Gasteiger partial charge in [-0.05, 0) is 24.6 Å². The van der Waals surface area contributed by atoms with E-state index in [-0.39, 0.29) is 5.91 Å². The van der Waals surface area contributed by atoms with Gasteiger partial charge in [0.25, 0.3) is 0 Å². The van der Waals surface area contributed by atoms with E-state index in [1.54, 1.807) is 6.92 Å². The maximum Gasteiger partial charge on any atom is 0.223 e. The first-order chi connectivity index (χ1) is 9.27. The lowest BCUT2D eigenvalue weighted by Crippen LogP contribution is -2.49. The molecule has 4 rings (SSSR count). The number of anilines is 2. The molecular weight excluding hydrogens is 238 g/mol. The first-order valence-electron chi connectivity index (χ1n) is 7.16. The minimum absolute atomic E-state index is 0.154. The van der Waals surface area contributed by atoms with Crippen molar-refractivity contribution in [1.29, 1.82) is 0 Å². The van der Waals surface area contributed by atoms with Gasteiger partial charge >= 0.3 is 0 Å². The van der Waals surface area contributed by atoms with Crippen LogP contribution in [-0.2, 0) is 4.79 Å². The van der Waals surface area contributed by atoms with Crippen molar-refractivity contribution >= 4 is 17.3 Å². The molecule has 1 N–H and O–H groups in total. The third-order valence-electron chi connectivity index (χ3n) is 4.81. The van der Waals surface area contributed by atoms with Crippen molar-refractivity contribution in [2.24, 2.45) is 0 Å². The zero-order valence-corrected chi connectivity index (χ0v) is 11.2. The van der Waals surface area contributed by atoms with Crippen LogP contribution in [0.3, 0.4) is 0 Å². The first kappa shape index (κ1) is 11.3. The van der Waals surface area contributed by atoms with Gasteiger partial charge in [0.2, 0.25) is 5.91 Å². The normalized spacial score (nSPS) is 28.1. The Morgan fingerprint density at radius 3 is 3.11 bits per heavy atom. The highest BCUT2D eigenvalue weighted by Gasteiger charge is 2.43. The Morgan fingerprint density at radius 1 is 1.37 bits per heavy atom. The molecule has 0 aliphatic carbocycles. The predicted octanol–water partition coefficient (Wildman–Crippen LogP) is 1.32. The van der Waals surface area contributed by atoms with Gasteiger partial charge in [0.05, 0.1) is 11.4 Å². The largest absolute Gasteiger partial charge is 0.364 e. The molecular formula is C15H19N3O. The number of carbonyl (C=O) groups is 1. The second-order valence-corrected chi connectivity index (χ2v) is 5.75. The van der Waals surface area contributed by atoms with E-state index in [1.165, 1.54) is 17.7 Å². The standard InChI is InChI=1S/C15H19N3O/c1-10(19)17-7-8-18-13-5-6-16-9-12(13)11-3-2-4-14(17)15(11)18/h2-4,12-13,16H,5-9H2,1H3/t12-,13-/m0/s1. The number of amides is 1. The summed E-state index contributed by atoms with van der Waals surface area (Å²) in [7, 11) is 0. The Morgan fingerprint density at radius 2 is 2.26 bits per heavy atom. The number of piperidine rings is 1. The number of fused-ring (bicyclic) bond motifs is 3. The van der Waals surface area contributed by atoms with Crippen molar-refractivity contribution in [3.8, 4) is 0 Å². The smallest absolute Gasteiger partial charge is 0.223 e. The van der Waals surface area contributed by atoms with Gasteiger partial charge in [-0.25, -0.2) is 0 Å². The second-order valence-electron chi connectivity index (χ2n) is 5.75. The molecule has 3 aliphatic heterocycles. The van der Waals surface area contributed by atoms with Gasteiger partial charge in [-0.2, -0.15) is 0 Å². The summed E-state index contributed by atoms with van der Waals surface area (Å²) in [6.07, 6.45) is 1.21. The van der Waals surface area contributed by atoms with Crippen molar-refractivity contribution in [1.82, 2.24) is 5.32 Å². The molecule has 0 bridgehead atoms. The quantitative estimate of drug-likeness (QED) is 0.761. The van der Waals surface area contributed by atoms with Crippen LogP contribution in [0.1, 0.15) is 24.8 Å². The highest BCUT2D eigenvalue weighted by molar-refractivity contribution is 5.98. The summed E-state index contributed by atoms with van der Waals surface area (Å²) in [5, 5.41) is 3.51. The number of carbonyl (C=O) groups excluding carboxylic acids is 1. The number of nitrogens with zero attached hydrogens (tertiary/aromatic N) is 2. The Hall–Kier alpha value is -1.55. The molecule has 4 nitrogen and oxygen atoms in total. The van der Waals surface area contributed by atoms with E-state index in [9.17, 15) is 4.79 Å². The maximum atomic E-state index is 11.8. The number of nitrogens with one attached hydrogen (secondary N) is 1. The van der Waals surface area contributed by atoms with Crippen LogP contribution in [0.4, 0.5) is 11.4 Å². The Bertz CT molecular complexity index is 542. The van der Waals surface area contributed by atoms with Gasteiger partial charge < -0.3 is 15.1 Å². The molecule has 4 heteroatoms. The van der Waals surface area contributed by atoms with E-state index >= 15 is 0 Å². The third kappa shape index (κ3) is 1.46. The Labute approximate surface area is 113 Å². The summed E-state index contributed by atoms with van der Waals surface area (Å²) in [4.78, 5) is 16.3. The third-order valence-corrected chi connectivity index (χ3v) is 4.81. The van der Waals surface area contributed by atoms with Crippen molar-refractivity contribution in [2.75, 3.05) is 36.0 Å². The minimum atomic E-state index is 0.154. The fourth-order valence-electron chi connectivity index (χ4n) is 4.01. The number of benzene rings is 1. The van der Waals surface area contributed by atoms with E-state index in [1.807, 2.05) is 4.90 Å². The summed E-state index contributed by atoms with van der Waals surface area (Å²) in [6, 6.07) is 7.07. The van der Waals surface area contributed by atoms with Gasteiger partial charge in [-0.3, -0.25) is 4.79 Å². The second kappa shape index (κ2) is 3.97. The highest BCUT2D eigenvalue weighted by atomic mass is 16.2. The number of hydrogen-bond donors (Lipinski definition) is 1. The van der Waals surface area contributed by atoms with Crippen LogP contribution in [0.25, 0.3) is 0 Å². The van der Waals surface area contributed by atoms with Crippen LogP contribution < -0.4 is 15.1 Å². The van der Waals surface area contributed by atoms with Crippen LogP contribution in [0.5, 0.6) is 0 Å². The molecule has 0 unspecified atom stereocenters. The molecule has 3 heterocycles. The number of para-hydroxylation sites is 1. The monoisotopic (exact) mass is 257 g/mol. The van der Waals surface area contributed by atoms with E-state index in [0.717, 1.165) is 31.9 Å². The summed E-state index contributed by atoms with van der Waals surface area (Å²) in [5.41, 5.74) is 3.87. The van der Waals surface area contributed by atoms with Crippen LogP contribution in [0.15, 0.2) is 18.2 Å². The molecule has 0 radical (unpaired) electrons. The average Bonchev–Trinajstić information content (AvgIpc) is 2.76. The fraction of sp³-hybridized carbons (Fsp3) is 0.533. The van der Waals surface area contributed by atoms with E-state index in [2.05, 4.69) is 28.4 Å². The molecule has 1 aromatic carbocycles. The van der Waals surface area contributed by atoms with Gasteiger partial charge in [-0.1, -0.05) is 12.1 Å². The molecule has 1 aromatic rings. The molecule has 1 amide bonds. The molecule has 1 saturated heterocycles. The first-order valence-corrected chi connectivity index (χ1v) is 7.16.